The Morgan fingerprint density at radius 3 is 2.87 bits per heavy atom. The van der Waals surface area contributed by atoms with Crippen LogP contribution >= 0.6 is 23.1 Å². The lowest BCUT2D eigenvalue weighted by molar-refractivity contribution is 0.712. The van der Waals surface area contributed by atoms with Gasteiger partial charge in [-0.2, -0.15) is 0 Å². The molecule has 0 aliphatic carbocycles. The fraction of sp³-hybridized carbons (Fsp3) is 0.357. The van der Waals surface area contributed by atoms with Crippen molar-refractivity contribution in [2.75, 3.05) is 5.84 Å². The molecule has 3 rings (SSSR count). The summed E-state index contributed by atoms with van der Waals surface area (Å²) in [6.45, 7) is 2.14. The maximum absolute atomic E-state index is 6.04. The van der Waals surface area contributed by atoms with E-state index in [9.17, 15) is 0 Å². The highest BCUT2D eigenvalue weighted by molar-refractivity contribution is 7.98. The summed E-state index contributed by atoms with van der Waals surface area (Å²) < 4.78 is 1.58. The number of rotatable bonds is 7. The second-order valence-corrected chi connectivity index (χ2v) is 6.68. The van der Waals surface area contributed by atoms with E-state index in [2.05, 4.69) is 32.1 Å². The van der Waals surface area contributed by atoms with Crippen molar-refractivity contribution in [2.24, 2.45) is 0 Å². The number of thioether (sulfide) groups is 1. The summed E-state index contributed by atoms with van der Waals surface area (Å²) in [4.78, 5) is 13.0. The lowest BCUT2D eigenvalue weighted by atomic mass is 10.2. The van der Waals surface area contributed by atoms with E-state index in [0.717, 1.165) is 35.8 Å². The van der Waals surface area contributed by atoms with Gasteiger partial charge in [0.2, 0.25) is 5.16 Å². The zero-order chi connectivity index (χ0) is 16.1. The Labute approximate surface area is 142 Å². The first-order chi connectivity index (χ1) is 11.3. The van der Waals surface area contributed by atoms with Gasteiger partial charge in [0.15, 0.2) is 16.7 Å². The van der Waals surface area contributed by atoms with Gasteiger partial charge in [-0.05, 0) is 12.5 Å². The first-order valence-electron chi connectivity index (χ1n) is 7.32. The minimum absolute atomic E-state index is 0.651. The van der Waals surface area contributed by atoms with Crippen LogP contribution in [-0.2, 0) is 12.2 Å². The summed E-state index contributed by atoms with van der Waals surface area (Å²) in [6, 6.07) is 1.79. The molecule has 0 saturated heterocycles. The number of nitrogen functional groups attached to an aromatic ring is 1. The van der Waals surface area contributed by atoms with Crippen LogP contribution in [0.15, 0.2) is 29.0 Å². The topological polar surface area (TPSA) is 95.4 Å². The van der Waals surface area contributed by atoms with E-state index in [0.29, 0.717) is 16.7 Å². The van der Waals surface area contributed by atoms with Crippen LogP contribution in [0.5, 0.6) is 0 Å². The molecular formula is C14H17N7S2. The third-order valence-electron chi connectivity index (χ3n) is 3.15. The molecule has 9 heteroatoms. The third kappa shape index (κ3) is 3.85. The summed E-state index contributed by atoms with van der Waals surface area (Å²) in [5.74, 6) is 8.20. The minimum atomic E-state index is 0.651. The van der Waals surface area contributed by atoms with Crippen LogP contribution in [0.3, 0.4) is 0 Å². The van der Waals surface area contributed by atoms with E-state index in [4.69, 9.17) is 5.84 Å². The van der Waals surface area contributed by atoms with E-state index in [-0.39, 0.29) is 0 Å². The zero-order valence-electron chi connectivity index (χ0n) is 12.7. The van der Waals surface area contributed by atoms with Crippen molar-refractivity contribution in [1.29, 1.82) is 0 Å². The van der Waals surface area contributed by atoms with Gasteiger partial charge in [0.1, 0.15) is 0 Å². The second kappa shape index (κ2) is 7.51. The molecule has 0 aromatic carbocycles. The molecule has 0 radical (unpaired) electrons. The van der Waals surface area contributed by atoms with Gasteiger partial charge < -0.3 is 5.84 Å². The molecule has 0 spiro atoms. The Kier molecular flexibility index (Phi) is 5.19. The van der Waals surface area contributed by atoms with Crippen LogP contribution in [0, 0.1) is 0 Å². The molecule has 3 heterocycles. The molecular weight excluding hydrogens is 330 g/mol. The van der Waals surface area contributed by atoms with Gasteiger partial charge in [-0.1, -0.05) is 25.1 Å². The summed E-state index contributed by atoms with van der Waals surface area (Å²) in [7, 11) is 0. The highest BCUT2D eigenvalue weighted by atomic mass is 32.2. The molecule has 0 fully saturated rings. The Morgan fingerprint density at radius 1 is 1.26 bits per heavy atom. The Morgan fingerprint density at radius 2 is 2.09 bits per heavy atom. The van der Waals surface area contributed by atoms with Crippen LogP contribution in [0.1, 0.15) is 31.3 Å². The van der Waals surface area contributed by atoms with E-state index in [1.165, 1.54) is 23.1 Å². The second-order valence-electron chi connectivity index (χ2n) is 4.88. The van der Waals surface area contributed by atoms with Gasteiger partial charge in [-0.3, -0.25) is 0 Å². The number of hydrogen-bond acceptors (Lipinski definition) is 8. The average Bonchev–Trinajstić information content (AvgIpc) is 3.19. The first kappa shape index (κ1) is 15.9. The summed E-state index contributed by atoms with van der Waals surface area (Å²) in [6.07, 6.45) is 6.46. The van der Waals surface area contributed by atoms with Gasteiger partial charge in [0.25, 0.3) is 0 Å². The van der Waals surface area contributed by atoms with Crippen LogP contribution in [0.2, 0.25) is 0 Å². The molecule has 0 saturated carbocycles. The van der Waals surface area contributed by atoms with Crippen molar-refractivity contribution in [1.82, 2.24) is 29.8 Å². The molecule has 0 bridgehead atoms. The van der Waals surface area contributed by atoms with Crippen LogP contribution < -0.4 is 5.84 Å². The van der Waals surface area contributed by atoms with Gasteiger partial charge in [-0.15, -0.1) is 21.5 Å². The Bertz CT molecular complexity index is 754. The predicted molar refractivity (Wildman–Crippen MR) is 91.5 cm³/mol. The smallest absolute Gasteiger partial charge is 0.210 e. The van der Waals surface area contributed by atoms with Gasteiger partial charge in [0, 0.05) is 29.9 Å². The van der Waals surface area contributed by atoms with Crippen molar-refractivity contribution >= 4 is 23.1 Å². The molecule has 7 nitrogen and oxygen atoms in total. The lowest BCUT2D eigenvalue weighted by Crippen LogP contribution is -2.14. The van der Waals surface area contributed by atoms with E-state index >= 15 is 0 Å². The number of thiazole rings is 1. The molecule has 2 N–H and O–H groups in total. The van der Waals surface area contributed by atoms with Crippen molar-refractivity contribution in [3.8, 4) is 10.8 Å². The standard InChI is InChI=1S/C14H17N7S2/c1-2-3-5-11-19-20-14(21(11)15)23-9-10-8-22-13(18-10)12-16-6-4-7-17-12/h4,6-8H,2-3,5,9,15H2,1H3. The zero-order valence-corrected chi connectivity index (χ0v) is 14.3. The number of unbranched alkanes of at least 4 members (excludes halogenated alkanes) is 1. The quantitative estimate of drug-likeness (QED) is 0.518. The summed E-state index contributed by atoms with van der Waals surface area (Å²) in [5, 5.41) is 11.8. The van der Waals surface area contributed by atoms with Crippen molar-refractivity contribution in [3.63, 3.8) is 0 Å². The monoisotopic (exact) mass is 347 g/mol. The number of hydrogen-bond donors (Lipinski definition) is 1. The van der Waals surface area contributed by atoms with Gasteiger partial charge in [0.05, 0.1) is 5.69 Å². The molecule has 0 amide bonds. The van der Waals surface area contributed by atoms with Crippen molar-refractivity contribution < 1.29 is 0 Å². The molecule has 23 heavy (non-hydrogen) atoms. The van der Waals surface area contributed by atoms with Crippen molar-refractivity contribution in [2.45, 2.75) is 37.1 Å². The number of nitrogens with zero attached hydrogens (tertiary/aromatic N) is 6. The maximum Gasteiger partial charge on any atom is 0.210 e. The van der Waals surface area contributed by atoms with E-state index < -0.39 is 0 Å². The minimum Gasteiger partial charge on any atom is -0.336 e. The maximum atomic E-state index is 6.04. The molecule has 3 aromatic heterocycles. The fourth-order valence-electron chi connectivity index (χ4n) is 1.93. The molecule has 3 aromatic rings. The molecule has 0 aliphatic heterocycles. The largest absolute Gasteiger partial charge is 0.336 e. The normalized spacial score (nSPS) is 11.0. The highest BCUT2D eigenvalue weighted by Gasteiger charge is 2.12. The first-order valence-corrected chi connectivity index (χ1v) is 9.18. The third-order valence-corrected chi connectivity index (χ3v) is 5.01. The fourth-order valence-corrected chi connectivity index (χ4v) is 3.57. The number of nitrogens with two attached hydrogens (primary N) is 1. The van der Waals surface area contributed by atoms with Gasteiger partial charge >= 0.3 is 0 Å². The van der Waals surface area contributed by atoms with Crippen molar-refractivity contribution in [3.05, 3.63) is 35.4 Å². The van der Waals surface area contributed by atoms with E-state index in [1.54, 1.807) is 23.1 Å². The van der Waals surface area contributed by atoms with Gasteiger partial charge in [-0.25, -0.2) is 19.6 Å². The SMILES string of the molecule is CCCCc1nnc(SCc2csc(-c3ncccn3)n2)n1N. The van der Waals surface area contributed by atoms with E-state index in [1.807, 2.05) is 5.38 Å². The van der Waals surface area contributed by atoms with Crippen LogP contribution in [0.25, 0.3) is 10.8 Å². The molecule has 0 atom stereocenters. The average molecular weight is 347 g/mol. The lowest BCUT2D eigenvalue weighted by Gasteiger charge is -2.02. The Hall–Kier alpha value is -2.00. The number of aromatic nitrogens is 6. The number of aryl methyl sites for hydroxylation is 1. The molecule has 0 unspecified atom stereocenters. The molecule has 120 valence electrons. The highest BCUT2D eigenvalue weighted by Crippen LogP contribution is 2.25. The van der Waals surface area contributed by atoms with Crippen LogP contribution in [-0.4, -0.2) is 29.8 Å². The summed E-state index contributed by atoms with van der Waals surface area (Å²) >= 11 is 3.07. The molecule has 0 aliphatic rings. The van der Waals surface area contributed by atoms with Crippen LogP contribution in [0.4, 0.5) is 0 Å². The Balaban J connectivity index is 1.63. The summed E-state index contributed by atoms with van der Waals surface area (Å²) in [5.41, 5.74) is 0.959. The predicted octanol–water partition coefficient (Wildman–Crippen LogP) is 2.54.